The number of hydrogen-bond donors (Lipinski definition) is 0. The molecule has 11 heterocycles. The Kier molecular flexibility index (Phi) is 18.8. The highest BCUT2D eigenvalue weighted by molar-refractivity contribution is 7.18. The number of fused-ring (bicyclic) bond motifs is 24. The van der Waals surface area contributed by atoms with Gasteiger partial charge in [-0.05, 0) is 219 Å². The Hall–Kier alpha value is -17.3. The second-order valence-corrected chi connectivity index (χ2v) is 33.1. The Morgan fingerprint density at radius 2 is 0.450 bits per heavy atom. The van der Waals surface area contributed by atoms with E-state index >= 15 is 0 Å². The molecule has 13 nitrogen and oxygen atoms in total. The fourth-order valence-corrected chi connectivity index (χ4v) is 19.2. The molecule has 26 rings (SSSR count). The van der Waals surface area contributed by atoms with Gasteiger partial charge in [0.15, 0.2) is 17.5 Å². The Morgan fingerprint density at radius 3 is 0.814 bits per heavy atom. The van der Waals surface area contributed by atoms with Gasteiger partial charge in [-0.3, -0.25) is 28.2 Å². The summed E-state index contributed by atoms with van der Waals surface area (Å²) in [4.78, 5) is 48.9. The summed E-state index contributed by atoms with van der Waals surface area (Å²) < 4.78 is 6.75. The van der Waals surface area contributed by atoms with Gasteiger partial charge in [0.25, 0.3) is 0 Å². The van der Waals surface area contributed by atoms with Crippen LogP contribution in [0, 0.1) is 0 Å². The van der Waals surface area contributed by atoms with Crippen molar-refractivity contribution in [2.24, 2.45) is 0 Å². The van der Waals surface area contributed by atoms with Crippen molar-refractivity contribution in [2.45, 2.75) is 0 Å². The molecule has 0 aliphatic heterocycles. The molecule has 0 aliphatic rings. The van der Waals surface area contributed by atoms with Crippen LogP contribution < -0.4 is 4.90 Å². The number of benzene rings is 15. The van der Waals surface area contributed by atoms with Crippen molar-refractivity contribution in [3.63, 3.8) is 0 Å². The molecule has 0 unspecified atom stereocenters. The summed E-state index contributed by atoms with van der Waals surface area (Å²) in [6.45, 7) is 0. The van der Waals surface area contributed by atoms with Gasteiger partial charge in [-0.2, -0.15) is 0 Å². The number of anilines is 3. The minimum atomic E-state index is 0.615. The van der Waals surface area contributed by atoms with Crippen LogP contribution in [0.25, 0.3) is 215 Å². The van der Waals surface area contributed by atoms with Crippen LogP contribution in [0.3, 0.4) is 0 Å². The van der Waals surface area contributed by atoms with Crippen molar-refractivity contribution in [3.8, 4) is 99.6 Å². The molecule has 11 aromatic heterocycles. The molecular formula is C115H73N13S. The maximum absolute atomic E-state index is 5.01. The first-order valence-corrected chi connectivity index (χ1v) is 43.8. The fraction of sp³-hybridized carbons (Fsp3) is 0. The number of imidazole rings is 3. The van der Waals surface area contributed by atoms with Gasteiger partial charge in [0.1, 0.15) is 16.9 Å². The van der Waals surface area contributed by atoms with Gasteiger partial charge in [0.2, 0.25) is 0 Å². The van der Waals surface area contributed by atoms with Crippen LogP contribution in [0.4, 0.5) is 17.1 Å². The number of rotatable bonds is 12. The van der Waals surface area contributed by atoms with Crippen molar-refractivity contribution in [1.82, 2.24) is 58.1 Å². The first-order chi connectivity index (χ1) is 63.9. The molecule has 14 heteroatoms. The molecule has 0 amide bonds. The van der Waals surface area contributed by atoms with Crippen LogP contribution in [0.15, 0.2) is 443 Å². The number of para-hydroxylation sites is 6. The predicted octanol–water partition coefficient (Wildman–Crippen LogP) is 29.3. The highest BCUT2D eigenvalue weighted by atomic mass is 32.1. The van der Waals surface area contributed by atoms with E-state index in [1.54, 1.807) is 0 Å². The average Bonchev–Trinajstić information content (AvgIpc) is 1.68. The predicted molar refractivity (Wildman–Crippen MR) is 531 cm³/mol. The van der Waals surface area contributed by atoms with Crippen molar-refractivity contribution >= 4 is 144 Å². The topological polar surface area (TPSA) is 132 Å². The maximum Gasteiger partial charge on any atom is 0.164 e. The van der Waals surface area contributed by atoms with E-state index in [-0.39, 0.29) is 0 Å². The van der Waals surface area contributed by atoms with Crippen molar-refractivity contribution in [3.05, 3.63) is 443 Å². The minimum absolute atomic E-state index is 0.615. The van der Waals surface area contributed by atoms with E-state index in [0.717, 1.165) is 160 Å². The lowest BCUT2D eigenvalue weighted by Gasteiger charge is -2.26. The highest BCUT2D eigenvalue weighted by Crippen LogP contribution is 2.43. The number of pyridine rings is 6. The van der Waals surface area contributed by atoms with Gasteiger partial charge >= 0.3 is 0 Å². The van der Waals surface area contributed by atoms with E-state index in [0.29, 0.717) is 17.5 Å². The van der Waals surface area contributed by atoms with Gasteiger partial charge in [-0.25, -0.2) is 29.9 Å². The quantitative estimate of drug-likeness (QED) is 0.109. The van der Waals surface area contributed by atoms with Gasteiger partial charge in [0, 0.05) is 94.4 Å². The Bertz CT molecular complexity index is 8630. The van der Waals surface area contributed by atoms with Gasteiger partial charge in [-0.15, -0.1) is 11.3 Å². The van der Waals surface area contributed by atoms with Crippen LogP contribution >= 0.6 is 11.3 Å². The molecule has 604 valence electrons. The zero-order valence-corrected chi connectivity index (χ0v) is 70.2. The largest absolute Gasteiger partial charge is 0.311 e. The summed E-state index contributed by atoms with van der Waals surface area (Å²) in [7, 11) is 0. The van der Waals surface area contributed by atoms with E-state index in [9.17, 15) is 0 Å². The molecule has 0 aliphatic carbocycles. The molecule has 0 saturated heterocycles. The molecule has 0 spiro atoms. The first-order valence-electron chi connectivity index (χ1n) is 43.0. The summed E-state index contributed by atoms with van der Waals surface area (Å²) in [5, 5.41) is 6.36. The molecule has 129 heavy (non-hydrogen) atoms. The summed E-state index contributed by atoms with van der Waals surface area (Å²) in [6, 6.07) is 148. The van der Waals surface area contributed by atoms with Crippen LogP contribution in [0.5, 0.6) is 0 Å². The average molecular weight is 1670 g/mol. The lowest BCUT2D eigenvalue weighted by Crippen LogP contribution is -2.09. The van der Waals surface area contributed by atoms with Crippen LogP contribution in [0.2, 0.25) is 0 Å². The smallest absolute Gasteiger partial charge is 0.164 e. The van der Waals surface area contributed by atoms with Gasteiger partial charge in [-0.1, -0.05) is 261 Å². The van der Waals surface area contributed by atoms with Crippen molar-refractivity contribution in [1.29, 1.82) is 0 Å². The monoisotopic (exact) mass is 1670 g/mol. The number of hydrogen-bond acceptors (Lipinski definition) is 11. The van der Waals surface area contributed by atoms with Crippen LogP contribution in [-0.2, 0) is 0 Å². The Labute approximate surface area is 744 Å². The summed E-state index contributed by atoms with van der Waals surface area (Å²) in [6.07, 6.45) is 5.57. The zero-order valence-electron chi connectivity index (χ0n) is 69.4. The molecule has 0 atom stereocenters. The Morgan fingerprint density at radius 1 is 0.186 bits per heavy atom. The number of thiophene rings is 1. The first kappa shape index (κ1) is 75.4. The standard InChI is InChI=1S/C48H32N4.C34H21N3S.C33H20N6/c1-3-10-33(11-4-1)35-17-24-39(25-18-35)51(40-26-19-36(20-27-40)34-12-5-2-6-13-34)41-28-21-37(22-29-41)38-23-30-45-43(32-38)47-42(14-9-31-49-47)48-50-44-15-7-8-16-46(44)52(45)48;1-2-7-23(8-3-1)31-18-19-32(38-31)24-14-12-22(13-15-24)25-16-17-29-27(21-25)33-26(9-6-20-35-33)34-36-28-10-4-5-11-30(28)37(29)34;1-3-10-21(11-4-1)30-36-31(22-12-5-2-6-13-22)38-32(37-30)23-17-18-27-25(20-23)29-24(14-9-19-34-29)33-35-26-15-7-8-16-28(26)39(27)33/h1-32H;1-21H;1-20H. The Balaban J connectivity index is 0.000000109. The molecule has 15 aromatic carbocycles. The van der Waals surface area contributed by atoms with Crippen LogP contribution in [0.1, 0.15) is 0 Å². The molecule has 0 radical (unpaired) electrons. The summed E-state index contributed by atoms with van der Waals surface area (Å²) in [5.41, 5.74) is 33.1. The SMILES string of the molecule is c1ccc(-c2ccc(-c3ccc(-c4ccc5c(c4)c4ncccc4c4nc6ccccc6n54)cc3)s2)cc1.c1ccc(-c2ccc(N(c3ccc(-c4ccccc4)cc3)c3ccc(-c4ccc5c(c4)c4ncccc4c4nc6ccccc6n54)cc3)cc2)cc1.c1ccc(-c2nc(-c3ccccc3)nc(-c3ccc4c(c3)c3ncccc3c3nc5ccccc5n43)n2)cc1. The third kappa shape index (κ3) is 13.7. The van der Waals surface area contributed by atoms with Crippen molar-refractivity contribution in [2.75, 3.05) is 4.90 Å². The number of aromatic nitrogens is 12. The van der Waals surface area contributed by atoms with E-state index in [2.05, 4.69) is 334 Å². The second-order valence-electron chi connectivity index (χ2n) is 32.0. The molecule has 26 aromatic rings. The van der Waals surface area contributed by atoms with Gasteiger partial charge in [0.05, 0.1) is 66.2 Å². The highest BCUT2D eigenvalue weighted by Gasteiger charge is 2.23. The van der Waals surface area contributed by atoms with E-state index < -0.39 is 0 Å². The van der Waals surface area contributed by atoms with Gasteiger partial charge < -0.3 is 4.90 Å². The summed E-state index contributed by atoms with van der Waals surface area (Å²) in [5.74, 6) is 1.89. The third-order valence-corrected chi connectivity index (χ3v) is 25.5. The molecule has 0 fully saturated rings. The van der Waals surface area contributed by atoms with E-state index in [1.807, 2.05) is 139 Å². The zero-order chi connectivity index (χ0) is 85.2. The van der Waals surface area contributed by atoms with Crippen molar-refractivity contribution < 1.29 is 0 Å². The lowest BCUT2D eigenvalue weighted by molar-refractivity contribution is 1.07. The minimum Gasteiger partial charge on any atom is -0.311 e. The lowest BCUT2D eigenvalue weighted by atomic mass is 10.0. The third-order valence-electron chi connectivity index (χ3n) is 24.4. The molecule has 0 N–H and O–H groups in total. The van der Waals surface area contributed by atoms with E-state index in [4.69, 9.17) is 44.9 Å². The molecule has 0 saturated carbocycles. The molecule has 0 bridgehead atoms. The maximum atomic E-state index is 5.01. The normalized spacial score (nSPS) is 11.6. The molecular weight excluding hydrogens is 1600 g/mol. The number of nitrogens with zero attached hydrogens (tertiary/aromatic N) is 13. The second kappa shape index (κ2) is 32.1. The van der Waals surface area contributed by atoms with Crippen LogP contribution in [-0.4, -0.2) is 58.1 Å². The van der Waals surface area contributed by atoms with E-state index in [1.165, 1.54) is 54.3 Å². The summed E-state index contributed by atoms with van der Waals surface area (Å²) >= 11 is 1.83. The fourth-order valence-electron chi connectivity index (χ4n) is 18.1.